The zero-order valence-electron chi connectivity index (χ0n) is 19.3. The van der Waals surface area contributed by atoms with Crippen LogP contribution in [0.4, 0.5) is 11.4 Å². The summed E-state index contributed by atoms with van der Waals surface area (Å²) >= 11 is 5.44. The number of carbonyl (C=O) groups is 1. The number of fused-ring (bicyclic) bond motifs is 1. The van der Waals surface area contributed by atoms with Crippen LogP contribution in [0.15, 0.2) is 72.8 Å². The van der Waals surface area contributed by atoms with Crippen LogP contribution in [-0.4, -0.2) is 26.2 Å². The lowest BCUT2D eigenvalue weighted by atomic mass is 9.77. The third kappa shape index (κ3) is 5.69. The van der Waals surface area contributed by atoms with Gasteiger partial charge in [-0.15, -0.1) is 0 Å². The van der Waals surface area contributed by atoms with E-state index in [0.29, 0.717) is 23.4 Å². The molecule has 0 spiro atoms. The number of nitrogens with zero attached hydrogens (tertiary/aromatic N) is 1. The van der Waals surface area contributed by atoms with Gasteiger partial charge in [-0.3, -0.25) is 4.79 Å². The molecule has 1 aliphatic carbocycles. The van der Waals surface area contributed by atoms with E-state index in [-0.39, 0.29) is 0 Å². The molecule has 7 heteroatoms. The Morgan fingerprint density at radius 1 is 0.943 bits per heavy atom. The Bertz CT molecular complexity index is 1330. The number of anilines is 2. The SMILES string of the molecule is O=C(O)CC1CCC(c2ccc(-c3nc4ccc(NC(=S)Nc5ccccc5)cc4[nH]3)cc2)CC1. The summed E-state index contributed by atoms with van der Waals surface area (Å²) in [6.45, 7) is 0. The molecule has 35 heavy (non-hydrogen) atoms. The van der Waals surface area contributed by atoms with Gasteiger partial charge in [0.1, 0.15) is 5.82 Å². The van der Waals surface area contributed by atoms with E-state index >= 15 is 0 Å². The quantitative estimate of drug-likeness (QED) is 0.225. The minimum atomic E-state index is -0.682. The highest BCUT2D eigenvalue weighted by Crippen LogP contribution is 2.37. The molecule has 4 N–H and O–H groups in total. The predicted molar refractivity (Wildman–Crippen MR) is 145 cm³/mol. The molecule has 1 fully saturated rings. The lowest BCUT2D eigenvalue weighted by Crippen LogP contribution is -2.18. The van der Waals surface area contributed by atoms with Gasteiger partial charge in [-0.25, -0.2) is 4.98 Å². The van der Waals surface area contributed by atoms with Gasteiger partial charge in [0, 0.05) is 23.4 Å². The van der Waals surface area contributed by atoms with Crippen molar-refractivity contribution in [3.05, 3.63) is 78.4 Å². The number of hydrogen-bond donors (Lipinski definition) is 4. The van der Waals surface area contributed by atoms with E-state index in [1.807, 2.05) is 48.5 Å². The Labute approximate surface area is 209 Å². The highest BCUT2D eigenvalue weighted by molar-refractivity contribution is 7.80. The van der Waals surface area contributed by atoms with E-state index in [9.17, 15) is 4.79 Å². The van der Waals surface area contributed by atoms with Crippen molar-refractivity contribution < 1.29 is 9.90 Å². The van der Waals surface area contributed by atoms with Gasteiger partial charge in [-0.1, -0.05) is 42.5 Å². The molecule has 1 aromatic heterocycles. The maximum Gasteiger partial charge on any atom is 0.303 e. The summed E-state index contributed by atoms with van der Waals surface area (Å²) in [4.78, 5) is 19.2. The molecule has 4 aromatic rings. The lowest BCUT2D eigenvalue weighted by Gasteiger charge is -2.28. The van der Waals surface area contributed by atoms with Crippen molar-refractivity contribution in [3.8, 4) is 11.4 Å². The molecule has 178 valence electrons. The van der Waals surface area contributed by atoms with E-state index in [0.717, 1.165) is 59.5 Å². The molecular weight excluding hydrogens is 456 g/mol. The van der Waals surface area contributed by atoms with E-state index in [4.69, 9.17) is 22.3 Å². The van der Waals surface area contributed by atoms with Gasteiger partial charge < -0.3 is 20.7 Å². The summed E-state index contributed by atoms with van der Waals surface area (Å²) in [6.07, 6.45) is 4.38. The van der Waals surface area contributed by atoms with Crippen molar-refractivity contribution >= 4 is 45.7 Å². The lowest BCUT2D eigenvalue weighted by molar-refractivity contribution is -0.138. The minimum Gasteiger partial charge on any atom is -0.481 e. The van der Waals surface area contributed by atoms with Crippen LogP contribution in [0.1, 0.15) is 43.6 Å². The number of H-pyrrole nitrogens is 1. The fourth-order valence-corrected chi connectivity index (χ4v) is 5.13. The van der Waals surface area contributed by atoms with Crippen LogP contribution >= 0.6 is 12.2 Å². The maximum atomic E-state index is 11.0. The van der Waals surface area contributed by atoms with Crippen LogP contribution in [-0.2, 0) is 4.79 Å². The minimum absolute atomic E-state index is 0.296. The summed E-state index contributed by atoms with van der Waals surface area (Å²) in [5.41, 5.74) is 6.02. The fourth-order valence-electron chi connectivity index (χ4n) is 4.90. The van der Waals surface area contributed by atoms with Crippen molar-refractivity contribution in [2.45, 2.75) is 38.0 Å². The van der Waals surface area contributed by atoms with E-state index in [2.05, 4.69) is 39.9 Å². The topological polar surface area (TPSA) is 90.0 Å². The Morgan fingerprint density at radius 3 is 2.37 bits per heavy atom. The van der Waals surface area contributed by atoms with Crippen LogP contribution in [0.3, 0.4) is 0 Å². The molecule has 1 heterocycles. The molecule has 6 nitrogen and oxygen atoms in total. The second-order valence-electron chi connectivity index (χ2n) is 9.20. The zero-order valence-corrected chi connectivity index (χ0v) is 20.1. The molecule has 0 bridgehead atoms. The molecule has 0 amide bonds. The first-order valence-corrected chi connectivity index (χ1v) is 12.4. The number of imidazole rings is 1. The number of aromatic amines is 1. The Morgan fingerprint density at radius 2 is 1.66 bits per heavy atom. The number of nitrogens with one attached hydrogen (secondary N) is 3. The Kier molecular flexibility index (Phi) is 6.77. The first-order chi connectivity index (χ1) is 17.0. The van der Waals surface area contributed by atoms with Crippen LogP contribution in [0.2, 0.25) is 0 Å². The van der Waals surface area contributed by atoms with E-state index < -0.39 is 5.97 Å². The van der Waals surface area contributed by atoms with Gasteiger partial charge in [0.25, 0.3) is 0 Å². The van der Waals surface area contributed by atoms with Gasteiger partial charge in [0.05, 0.1) is 11.0 Å². The second kappa shape index (κ2) is 10.3. The van der Waals surface area contributed by atoms with E-state index in [1.54, 1.807) is 0 Å². The van der Waals surface area contributed by atoms with Gasteiger partial charge in [-0.2, -0.15) is 0 Å². The smallest absolute Gasteiger partial charge is 0.303 e. The number of aromatic nitrogens is 2. The van der Waals surface area contributed by atoms with Gasteiger partial charge >= 0.3 is 5.97 Å². The maximum absolute atomic E-state index is 11.0. The Balaban J connectivity index is 1.24. The molecule has 0 radical (unpaired) electrons. The first-order valence-electron chi connectivity index (χ1n) is 12.0. The number of carboxylic acid groups (broad SMARTS) is 1. The normalized spacial score (nSPS) is 17.7. The number of thiocarbonyl (C=S) groups is 1. The standard InChI is InChI=1S/C28H28N4O2S/c33-26(34)16-18-6-8-19(9-7-18)20-10-12-21(13-11-20)27-31-24-15-14-23(17-25(24)32-27)30-28(35)29-22-4-2-1-3-5-22/h1-5,10-15,17-19H,6-9,16H2,(H,31,32)(H,33,34)(H2,29,30,35). The molecule has 1 saturated carbocycles. The fraction of sp³-hybridized carbons (Fsp3) is 0.250. The molecule has 1 aliphatic rings. The van der Waals surface area contributed by atoms with Crippen molar-refractivity contribution in [1.82, 2.24) is 9.97 Å². The van der Waals surface area contributed by atoms with Crippen molar-refractivity contribution in [2.24, 2.45) is 5.92 Å². The highest BCUT2D eigenvalue weighted by Gasteiger charge is 2.24. The average Bonchev–Trinajstić information content (AvgIpc) is 3.28. The number of benzene rings is 3. The van der Waals surface area contributed by atoms with E-state index in [1.165, 1.54) is 5.56 Å². The van der Waals surface area contributed by atoms with Gasteiger partial charge in [-0.05, 0) is 85.6 Å². The summed E-state index contributed by atoms with van der Waals surface area (Å²) in [5.74, 6) is 0.977. The van der Waals surface area contributed by atoms with Gasteiger partial charge in [0.2, 0.25) is 0 Å². The average molecular weight is 485 g/mol. The van der Waals surface area contributed by atoms with Crippen LogP contribution in [0, 0.1) is 5.92 Å². The number of rotatable bonds is 6. The van der Waals surface area contributed by atoms with Crippen LogP contribution in [0.25, 0.3) is 22.4 Å². The third-order valence-corrected chi connectivity index (χ3v) is 6.94. The van der Waals surface area contributed by atoms with Crippen LogP contribution < -0.4 is 10.6 Å². The molecule has 5 rings (SSSR count). The predicted octanol–water partition coefficient (Wildman–Crippen LogP) is 6.79. The van der Waals surface area contributed by atoms with Crippen molar-refractivity contribution in [1.29, 1.82) is 0 Å². The summed E-state index contributed by atoms with van der Waals surface area (Å²) in [5, 5.41) is 16.0. The van der Waals surface area contributed by atoms with Crippen LogP contribution in [0.5, 0.6) is 0 Å². The first kappa shape index (κ1) is 23.1. The van der Waals surface area contributed by atoms with Crippen molar-refractivity contribution in [3.63, 3.8) is 0 Å². The van der Waals surface area contributed by atoms with Crippen molar-refractivity contribution in [2.75, 3.05) is 10.6 Å². The zero-order chi connectivity index (χ0) is 24.2. The highest BCUT2D eigenvalue weighted by atomic mass is 32.1. The second-order valence-corrected chi connectivity index (χ2v) is 9.61. The number of para-hydroxylation sites is 1. The Hall–Kier alpha value is -3.71. The number of hydrogen-bond acceptors (Lipinski definition) is 3. The molecule has 3 aromatic carbocycles. The molecule has 0 atom stereocenters. The molecule has 0 unspecified atom stereocenters. The monoisotopic (exact) mass is 484 g/mol. The number of aliphatic carboxylic acids is 1. The third-order valence-electron chi connectivity index (χ3n) is 6.74. The number of carboxylic acids is 1. The largest absolute Gasteiger partial charge is 0.481 e. The van der Waals surface area contributed by atoms with Gasteiger partial charge in [0.15, 0.2) is 5.11 Å². The molecular formula is C28H28N4O2S. The summed E-state index contributed by atoms with van der Waals surface area (Å²) < 4.78 is 0. The molecule has 0 saturated heterocycles. The summed E-state index contributed by atoms with van der Waals surface area (Å²) in [6, 6.07) is 24.4. The molecule has 0 aliphatic heterocycles. The summed E-state index contributed by atoms with van der Waals surface area (Å²) in [7, 11) is 0.